The fourth-order valence-electron chi connectivity index (χ4n) is 2.08. The van der Waals surface area contributed by atoms with Crippen LogP contribution in [0.25, 0.3) is 0 Å². The molecule has 1 rings (SSSR count). The van der Waals surface area contributed by atoms with Crippen molar-refractivity contribution in [3.63, 3.8) is 0 Å². The summed E-state index contributed by atoms with van der Waals surface area (Å²) in [4.78, 5) is -0.0460. The van der Waals surface area contributed by atoms with Gasteiger partial charge in [0.1, 0.15) is 4.99 Å². The molecule has 0 saturated heterocycles. The Hall–Kier alpha value is -1.30. The number of anilines is 1. The van der Waals surface area contributed by atoms with E-state index < -0.39 is 11.7 Å². The Labute approximate surface area is 122 Å². The Kier molecular flexibility index (Phi) is 5.39. The molecule has 0 aromatic heterocycles. The summed E-state index contributed by atoms with van der Waals surface area (Å²) in [5.41, 5.74) is 5.55. The first kappa shape index (κ1) is 16.8. The van der Waals surface area contributed by atoms with Crippen LogP contribution in [0.3, 0.4) is 0 Å². The minimum Gasteiger partial charge on any atom is -0.389 e. The van der Waals surface area contributed by atoms with Gasteiger partial charge in [0.15, 0.2) is 0 Å². The number of hydrogen-bond acceptors (Lipinski definition) is 2. The second-order valence-corrected chi connectivity index (χ2v) is 5.74. The topological polar surface area (TPSA) is 38.0 Å². The van der Waals surface area contributed by atoms with Gasteiger partial charge in [-0.05, 0) is 37.5 Å². The minimum atomic E-state index is -4.40. The van der Waals surface area contributed by atoms with Gasteiger partial charge in [0.05, 0.1) is 5.56 Å². The monoisotopic (exact) mass is 304 g/mol. The summed E-state index contributed by atoms with van der Waals surface area (Å²) in [7, 11) is 0. The molecule has 0 spiro atoms. The number of nitrogens with two attached hydrogens (primary N) is 1. The first-order valence-electron chi connectivity index (χ1n) is 6.39. The molecule has 0 heterocycles. The molecule has 1 aromatic rings. The molecular formula is C14H19F3N2S. The van der Waals surface area contributed by atoms with Gasteiger partial charge < -0.3 is 11.1 Å². The quantitative estimate of drug-likeness (QED) is 0.801. The van der Waals surface area contributed by atoms with Crippen LogP contribution in [-0.4, -0.2) is 11.0 Å². The van der Waals surface area contributed by atoms with Crippen LogP contribution in [0, 0.1) is 5.92 Å². The molecular weight excluding hydrogens is 285 g/mol. The van der Waals surface area contributed by atoms with Gasteiger partial charge in [-0.2, -0.15) is 13.2 Å². The summed E-state index contributed by atoms with van der Waals surface area (Å²) in [5.74, 6) is 0.486. The van der Waals surface area contributed by atoms with Gasteiger partial charge in [-0.15, -0.1) is 0 Å². The average Bonchev–Trinajstić information content (AvgIpc) is 2.26. The molecule has 0 aliphatic carbocycles. The molecule has 1 atom stereocenters. The van der Waals surface area contributed by atoms with Crippen molar-refractivity contribution >= 4 is 22.9 Å². The third-order valence-corrected chi connectivity index (χ3v) is 3.06. The minimum absolute atomic E-state index is 0.0460. The van der Waals surface area contributed by atoms with Crippen molar-refractivity contribution in [2.75, 3.05) is 5.32 Å². The van der Waals surface area contributed by atoms with Crippen molar-refractivity contribution < 1.29 is 13.2 Å². The summed E-state index contributed by atoms with van der Waals surface area (Å²) >= 11 is 4.84. The lowest BCUT2D eigenvalue weighted by Crippen LogP contribution is -2.21. The van der Waals surface area contributed by atoms with Gasteiger partial charge in [0.2, 0.25) is 0 Å². The summed E-state index contributed by atoms with van der Waals surface area (Å²) in [5, 5.41) is 3.17. The molecule has 20 heavy (non-hydrogen) atoms. The van der Waals surface area contributed by atoms with Crippen molar-refractivity contribution in [2.24, 2.45) is 11.7 Å². The standard InChI is InChI=1S/C14H19F3N2S/c1-8(2)6-9(3)19-12-5-4-10(14(15,16)17)7-11(12)13(18)20/h4-5,7-9,19H,6H2,1-3H3,(H2,18,20). The summed E-state index contributed by atoms with van der Waals surface area (Å²) in [6, 6.07) is 3.53. The normalized spacial score (nSPS) is 13.3. The lowest BCUT2D eigenvalue weighted by Gasteiger charge is -2.20. The van der Waals surface area contributed by atoms with Crippen LogP contribution in [0.5, 0.6) is 0 Å². The summed E-state index contributed by atoms with van der Waals surface area (Å²) in [6.45, 7) is 6.14. The third-order valence-electron chi connectivity index (χ3n) is 2.84. The second-order valence-electron chi connectivity index (χ2n) is 5.30. The number of thiocarbonyl (C=S) groups is 1. The second kappa shape index (κ2) is 6.43. The highest BCUT2D eigenvalue weighted by Crippen LogP contribution is 2.32. The highest BCUT2D eigenvalue weighted by molar-refractivity contribution is 7.80. The van der Waals surface area contributed by atoms with Crippen molar-refractivity contribution in [3.8, 4) is 0 Å². The molecule has 0 radical (unpaired) electrons. The van der Waals surface area contributed by atoms with E-state index in [0.29, 0.717) is 11.6 Å². The first-order valence-corrected chi connectivity index (χ1v) is 6.79. The SMILES string of the molecule is CC(C)CC(C)Nc1ccc(C(F)(F)F)cc1C(N)=S. The van der Waals surface area contributed by atoms with Crippen molar-refractivity contribution in [1.29, 1.82) is 0 Å². The van der Waals surface area contributed by atoms with E-state index in [4.69, 9.17) is 18.0 Å². The lowest BCUT2D eigenvalue weighted by atomic mass is 10.0. The highest BCUT2D eigenvalue weighted by atomic mass is 32.1. The van der Waals surface area contributed by atoms with Gasteiger partial charge in [-0.3, -0.25) is 0 Å². The summed E-state index contributed by atoms with van der Waals surface area (Å²) < 4.78 is 38.1. The van der Waals surface area contributed by atoms with Crippen molar-refractivity contribution in [1.82, 2.24) is 0 Å². The Morgan fingerprint density at radius 3 is 2.35 bits per heavy atom. The Morgan fingerprint density at radius 1 is 1.30 bits per heavy atom. The van der Waals surface area contributed by atoms with Gasteiger partial charge in [-0.25, -0.2) is 0 Å². The van der Waals surface area contributed by atoms with Crippen molar-refractivity contribution in [3.05, 3.63) is 29.3 Å². The van der Waals surface area contributed by atoms with Crippen LogP contribution in [-0.2, 0) is 6.18 Å². The number of rotatable bonds is 5. The molecule has 1 unspecified atom stereocenters. The van der Waals surface area contributed by atoms with Gasteiger partial charge in [0.25, 0.3) is 0 Å². The molecule has 2 nitrogen and oxygen atoms in total. The number of benzene rings is 1. The molecule has 0 bridgehead atoms. The average molecular weight is 304 g/mol. The molecule has 6 heteroatoms. The maximum absolute atomic E-state index is 12.7. The predicted molar refractivity (Wildman–Crippen MR) is 79.9 cm³/mol. The molecule has 1 aromatic carbocycles. The molecule has 0 aliphatic heterocycles. The predicted octanol–water partition coefficient (Wildman–Crippen LogP) is 4.19. The number of hydrogen-bond donors (Lipinski definition) is 2. The zero-order valence-electron chi connectivity index (χ0n) is 11.7. The van der Waals surface area contributed by atoms with E-state index in [-0.39, 0.29) is 16.6 Å². The van der Waals surface area contributed by atoms with E-state index in [1.165, 1.54) is 6.07 Å². The van der Waals surface area contributed by atoms with Crippen LogP contribution in [0.2, 0.25) is 0 Å². The fourth-order valence-corrected chi connectivity index (χ4v) is 2.25. The fraction of sp³-hybridized carbons (Fsp3) is 0.500. The Bertz CT molecular complexity index is 484. The van der Waals surface area contributed by atoms with E-state index in [1.807, 2.05) is 6.92 Å². The molecule has 3 N–H and O–H groups in total. The molecule has 0 saturated carbocycles. The lowest BCUT2D eigenvalue weighted by molar-refractivity contribution is -0.137. The Morgan fingerprint density at radius 2 is 1.90 bits per heavy atom. The number of alkyl halides is 3. The van der Waals surface area contributed by atoms with Crippen molar-refractivity contribution in [2.45, 2.75) is 39.4 Å². The van der Waals surface area contributed by atoms with Crippen LogP contribution in [0.15, 0.2) is 18.2 Å². The highest BCUT2D eigenvalue weighted by Gasteiger charge is 2.31. The molecule has 112 valence electrons. The molecule has 0 amide bonds. The smallest absolute Gasteiger partial charge is 0.389 e. The van der Waals surface area contributed by atoms with E-state index in [0.717, 1.165) is 18.6 Å². The van der Waals surface area contributed by atoms with Crippen LogP contribution < -0.4 is 11.1 Å². The number of halogens is 3. The van der Waals surface area contributed by atoms with Crippen LogP contribution in [0.4, 0.5) is 18.9 Å². The van der Waals surface area contributed by atoms with Crippen LogP contribution >= 0.6 is 12.2 Å². The maximum Gasteiger partial charge on any atom is 0.416 e. The zero-order chi connectivity index (χ0) is 15.5. The summed E-state index contributed by atoms with van der Waals surface area (Å²) in [6.07, 6.45) is -3.50. The van der Waals surface area contributed by atoms with E-state index in [9.17, 15) is 13.2 Å². The van der Waals surface area contributed by atoms with E-state index in [1.54, 1.807) is 0 Å². The van der Waals surface area contributed by atoms with Gasteiger partial charge in [-0.1, -0.05) is 26.1 Å². The molecule has 0 fully saturated rings. The molecule has 0 aliphatic rings. The van der Waals surface area contributed by atoms with Gasteiger partial charge >= 0.3 is 6.18 Å². The number of nitrogens with one attached hydrogen (secondary N) is 1. The zero-order valence-corrected chi connectivity index (χ0v) is 12.5. The van der Waals surface area contributed by atoms with E-state index >= 15 is 0 Å². The Balaban J connectivity index is 3.05. The maximum atomic E-state index is 12.7. The van der Waals surface area contributed by atoms with Crippen LogP contribution in [0.1, 0.15) is 38.3 Å². The van der Waals surface area contributed by atoms with E-state index in [2.05, 4.69) is 19.2 Å². The largest absolute Gasteiger partial charge is 0.416 e. The first-order chi connectivity index (χ1) is 9.11. The van der Waals surface area contributed by atoms with Gasteiger partial charge in [0, 0.05) is 17.3 Å². The third kappa shape index (κ3) is 4.67.